The zero-order valence-corrected chi connectivity index (χ0v) is 61.6. The Morgan fingerprint density at radius 3 is 0.955 bits per heavy atom. The van der Waals surface area contributed by atoms with E-state index in [2.05, 4.69) is 38.2 Å². The first kappa shape index (κ1) is 87.5. The maximum absolute atomic E-state index is 13.6. The third-order valence-corrected chi connectivity index (χ3v) is 19.3. The minimum Gasteiger partial charge on any atom is -0.756 e. The van der Waals surface area contributed by atoms with Crippen molar-refractivity contribution in [3.8, 4) is 0 Å². The van der Waals surface area contributed by atoms with Gasteiger partial charge in [-0.25, -0.2) is 0 Å². The fourth-order valence-electron chi connectivity index (χ4n) is 12.3. The Balaban J connectivity index is 4.84. The number of hydrogen-bond donors (Lipinski definition) is 1. The van der Waals surface area contributed by atoms with Crippen LogP contribution in [0.25, 0.3) is 0 Å². The number of unbranched alkanes of at least 4 members (excludes halogenated alkanes) is 56. The van der Waals surface area contributed by atoms with Crippen LogP contribution in [0.5, 0.6) is 0 Å². The summed E-state index contributed by atoms with van der Waals surface area (Å²) in [5.74, 6) is -0.513. The standard InChI is InChI=1S/C79H155N2O7P/c1-7-10-13-16-19-22-25-27-29-31-33-35-37-39-40-42-43-45-47-49-51-53-56-59-62-65-68-71-78(82)80-76(75-87-89(84,85)86-74-73-81(4,5)6)77(70-67-64-61-58-55-24-21-18-15-12-9-3)88-79(83)72-69-66-63-60-57-54-52-50-48-46-44-41-38-36-34-32-30-28-26-23-20-17-14-11-8-2/h27,29,67,70,76-77H,7-26,28,30-66,68-69,71-75H2,1-6H3,(H-,80,82,84,85)/b29-27+,70-67+. The summed E-state index contributed by atoms with van der Waals surface area (Å²) in [6.45, 7) is 6.92. The summed E-state index contributed by atoms with van der Waals surface area (Å²) in [6, 6.07) is -0.883. The van der Waals surface area contributed by atoms with Crippen LogP contribution in [0, 0.1) is 0 Å². The van der Waals surface area contributed by atoms with Crippen LogP contribution in [0.1, 0.15) is 419 Å². The highest BCUT2D eigenvalue weighted by Crippen LogP contribution is 2.38. The number of allylic oxidation sites excluding steroid dienone is 3. The molecule has 0 saturated carbocycles. The SMILES string of the molecule is CCCCCCCC/C=C/CCCCCCCCCCCCCCCCCCCC(=O)NC(COP(=O)([O-])OCC[N+](C)(C)C)C(/C=C/CCCCCCCCCCC)OC(=O)CCCCCCCCCCCCCCCCCCCCCCCCCCC. The quantitative estimate of drug-likeness (QED) is 0.0212. The number of esters is 1. The van der Waals surface area contributed by atoms with Gasteiger partial charge in [-0.2, -0.15) is 0 Å². The zero-order valence-electron chi connectivity index (χ0n) is 60.7. The first-order chi connectivity index (χ1) is 43.4. The molecule has 0 bridgehead atoms. The van der Waals surface area contributed by atoms with Gasteiger partial charge in [-0.3, -0.25) is 14.2 Å². The Kier molecular flexibility index (Phi) is 68.1. The Morgan fingerprint density at radius 1 is 0.382 bits per heavy atom. The molecular weight excluding hydrogens is 1120 g/mol. The molecule has 0 aromatic heterocycles. The van der Waals surface area contributed by atoms with Crippen LogP contribution in [-0.2, 0) is 27.9 Å². The van der Waals surface area contributed by atoms with Crippen molar-refractivity contribution >= 4 is 19.7 Å². The van der Waals surface area contributed by atoms with Crippen molar-refractivity contribution in [2.24, 2.45) is 0 Å². The summed E-state index contributed by atoms with van der Waals surface area (Å²) >= 11 is 0. The summed E-state index contributed by atoms with van der Waals surface area (Å²) < 4.78 is 30.5. The molecular formula is C79H155N2O7P. The minimum atomic E-state index is -4.70. The third kappa shape index (κ3) is 70.6. The summed E-state index contributed by atoms with van der Waals surface area (Å²) in [6.07, 6.45) is 86.2. The van der Waals surface area contributed by atoms with E-state index in [1.807, 2.05) is 33.3 Å². The molecule has 0 saturated heterocycles. The maximum atomic E-state index is 13.6. The first-order valence-electron chi connectivity index (χ1n) is 39.6. The second kappa shape index (κ2) is 69.3. The van der Waals surface area contributed by atoms with Crippen molar-refractivity contribution in [3.05, 3.63) is 24.3 Å². The molecule has 3 unspecified atom stereocenters. The lowest BCUT2D eigenvalue weighted by Crippen LogP contribution is -2.47. The lowest BCUT2D eigenvalue weighted by atomic mass is 10.0. The number of phosphoric acid groups is 1. The Morgan fingerprint density at radius 2 is 0.652 bits per heavy atom. The van der Waals surface area contributed by atoms with E-state index in [0.29, 0.717) is 17.4 Å². The summed E-state index contributed by atoms with van der Waals surface area (Å²) in [5.41, 5.74) is 0. The predicted octanol–water partition coefficient (Wildman–Crippen LogP) is 24.9. The van der Waals surface area contributed by atoms with Gasteiger partial charge in [0.05, 0.1) is 33.8 Å². The van der Waals surface area contributed by atoms with Gasteiger partial charge in [0.2, 0.25) is 5.91 Å². The molecule has 3 atom stereocenters. The lowest BCUT2D eigenvalue weighted by Gasteiger charge is -2.30. The van der Waals surface area contributed by atoms with Gasteiger partial charge < -0.3 is 28.5 Å². The van der Waals surface area contributed by atoms with E-state index < -0.39 is 20.0 Å². The number of ether oxygens (including phenoxy) is 1. The lowest BCUT2D eigenvalue weighted by molar-refractivity contribution is -0.870. The predicted molar refractivity (Wildman–Crippen MR) is 386 cm³/mol. The van der Waals surface area contributed by atoms with E-state index in [4.69, 9.17) is 13.8 Å². The smallest absolute Gasteiger partial charge is 0.306 e. The molecule has 1 N–H and O–H groups in total. The fourth-order valence-corrected chi connectivity index (χ4v) is 13.0. The van der Waals surface area contributed by atoms with Crippen molar-refractivity contribution in [1.29, 1.82) is 0 Å². The van der Waals surface area contributed by atoms with Gasteiger partial charge in [0.15, 0.2) is 0 Å². The van der Waals surface area contributed by atoms with Gasteiger partial charge in [-0.15, -0.1) is 0 Å². The van der Waals surface area contributed by atoms with Gasteiger partial charge in [-0.1, -0.05) is 373 Å². The molecule has 0 fully saturated rings. The Labute approximate surface area is 555 Å². The number of nitrogens with zero attached hydrogens (tertiary/aromatic N) is 1. The van der Waals surface area contributed by atoms with Crippen LogP contribution < -0.4 is 10.2 Å². The highest BCUT2D eigenvalue weighted by molar-refractivity contribution is 7.45. The second-order valence-corrected chi connectivity index (χ2v) is 30.0. The number of phosphoric ester groups is 1. The molecule has 10 heteroatoms. The normalized spacial score (nSPS) is 13.5. The van der Waals surface area contributed by atoms with E-state index in [0.717, 1.165) is 57.8 Å². The molecule has 0 aliphatic carbocycles. The fraction of sp³-hybridized carbons (Fsp3) is 0.924. The molecule has 9 nitrogen and oxygen atoms in total. The molecule has 0 aromatic carbocycles. The number of carbonyl (C=O) groups excluding carboxylic acids is 2. The van der Waals surface area contributed by atoms with Gasteiger partial charge in [0.25, 0.3) is 7.82 Å². The molecule has 0 spiro atoms. The summed E-state index contributed by atoms with van der Waals surface area (Å²) in [4.78, 5) is 40.3. The maximum Gasteiger partial charge on any atom is 0.306 e. The Hall–Kier alpha value is -1.51. The van der Waals surface area contributed by atoms with Gasteiger partial charge in [-0.05, 0) is 57.4 Å². The highest BCUT2D eigenvalue weighted by atomic mass is 31.2. The second-order valence-electron chi connectivity index (χ2n) is 28.6. The Bertz CT molecular complexity index is 1570. The van der Waals surface area contributed by atoms with Crippen molar-refractivity contribution in [2.45, 2.75) is 431 Å². The number of carbonyl (C=O) groups is 2. The number of hydrogen-bond acceptors (Lipinski definition) is 7. The van der Waals surface area contributed by atoms with Crippen molar-refractivity contribution in [3.63, 3.8) is 0 Å². The minimum absolute atomic E-state index is 0.0175. The highest BCUT2D eigenvalue weighted by Gasteiger charge is 2.27. The summed E-state index contributed by atoms with van der Waals surface area (Å²) in [5, 5.41) is 3.06. The van der Waals surface area contributed by atoms with Crippen LogP contribution >= 0.6 is 7.82 Å². The van der Waals surface area contributed by atoms with E-state index in [-0.39, 0.29) is 31.5 Å². The van der Waals surface area contributed by atoms with E-state index in [9.17, 15) is 19.0 Å². The largest absolute Gasteiger partial charge is 0.756 e. The number of rotatable bonds is 74. The van der Waals surface area contributed by atoms with Crippen molar-refractivity contribution in [2.75, 3.05) is 40.9 Å². The number of amides is 1. The molecule has 528 valence electrons. The van der Waals surface area contributed by atoms with Gasteiger partial charge >= 0.3 is 5.97 Å². The zero-order chi connectivity index (χ0) is 64.9. The molecule has 0 rings (SSSR count). The van der Waals surface area contributed by atoms with Crippen LogP contribution in [-0.4, -0.2) is 69.4 Å². The first-order valence-corrected chi connectivity index (χ1v) is 41.1. The summed E-state index contributed by atoms with van der Waals surface area (Å²) in [7, 11) is 1.21. The van der Waals surface area contributed by atoms with Crippen molar-refractivity contribution in [1.82, 2.24) is 5.32 Å². The van der Waals surface area contributed by atoms with Crippen LogP contribution in [0.2, 0.25) is 0 Å². The van der Waals surface area contributed by atoms with Gasteiger partial charge in [0, 0.05) is 12.8 Å². The van der Waals surface area contributed by atoms with Crippen molar-refractivity contribution < 1.29 is 37.3 Å². The topological polar surface area (TPSA) is 114 Å². The molecule has 89 heavy (non-hydrogen) atoms. The van der Waals surface area contributed by atoms with E-state index >= 15 is 0 Å². The number of likely N-dealkylation sites (N-methyl/N-ethyl adjacent to an activating group) is 1. The number of quaternary nitrogens is 1. The molecule has 1 amide bonds. The average molecular weight is 1280 g/mol. The molecule has 0 radical (unpaired) electrons. The molecule has 0 aliphatic rings. The van der Waals surface area contributed by atoms with E-state index in [1.54, 1.807) is 0 Å². The average Bonchev–Trinajstić information content (AvgIpc) is 3.70. The van der Waals surface area contributed by atoms with Crippen LogP contribution in [0.15, 0.2) is 24.3 Å². The molecule has 0 heterocycles. The monoisotopic (exact) mass is 1280 g/mol. The van der Waals surface area contributed by atoms with E-state index in [1.165, 1.54) is 327 Å². The van der Waals surface area contributed by atoms with Crippen LogP contribution in [0.3, 0.4) is 0 Å². The van der Waals surface area contributed by atoms with Gasteiger partial charge in [0.1, 0.15) is 19.3 Å². The van der Waals surface area contributed by atoms with Crippen LogP contribution in [0.4, 0.5) is 0 Å². The molecule has 0 aromatic rings. The number of nitrogens with one attached hydrogen (secondary N) is 1. The third-order valence-electron chi connectivity index (χ3n) is 18.4. The molecule has 0 aliphatic heterocycles.